The van der Waals surface area contributed by atoms with Crippen LogP contribution in [0.5, 0.6) is 0 Å². The van der Waals surface area contributed by atoms with Crippen molar-refractivity contribution in [3.8, 4) is 0 Å². The van der Waals surface area contributed by atoms with Crippen LogP contribution in [0.15, 0.2) is 134 Å². The van der Waals surface area contributed by atoms with Crippen molar-refractivity contribution in [2.24, 2.45) is 0 Å². The summed E-state index contributed by atoms with van der Waals surface area (Å²) in [4.78, 5) is 0. The van der Waals surface area contributed by atoms with Crippen molar-refractivity contribution in [3.05, 3.63) is 157 Å². The molecule has 0 N–H and O–H groups in total. The Morgan fingerprint density at radius 3 is 1.17 bits per heavy atom. The molecule has 46 heavy (non-hydrogen) atoms. The molecule has 0 unspecified atom stereocenters. The molecule has 6 aromatic carbocycles. The van der Waals surface area contributed by atoms with E-state index in [0.29, 0.717) is 0 Å². The van der Waals surface area contributed by atoms with Crippen LogP contribution in [0.4, 0.5) is 0 Å². The molecule has 2 aliphatic rings. The van der Waals surface area contributed by atoms with Crippen LogP contribution < -0.4 is 24.8 Å². The third kappa shape index (κ3) is 9.51. The molecule has 0 spiro atoms. The molecule has 0 heterocycles. The Morgan fingerprint density at radius 2 is 0.826 bits per heavy atom. The van der Waals surface area contributed by atoms with Gasteiger partial charge < -0.3 is 37.7 Å². The van der Waals surface area contributed by atoms with Gasteiger partial charge in [0.25, 0.3) is 0 Å². The van der Waals surface area contributed by atoms with Crippen molar-refractivity contribution in [1.29, 1.82) is 0 Å². The van der Waals surface area contributed by atoms with Crippen LogP contribution in [0.1, 0.15) is 51.7 Å². The first kappa shape index (κ1) is 41.9. The fraction of sp³-hybridized carbons (Fsp3) is 0.143. The van der Waals surface area contributed by atoms with E-state index < -0.39 is 0 Å². The van der Waals surface area contributed by atoms with E-state index in [4.69, 9.17) is 0 Å². The Bertz CT molecular complexity index is 1790. The van der Waals surface area contributed by atoms with Crippen molar-refractivity contribution in [3.63, 3.8) is 0 Å². The van der Waals surface area contributed by atoms with Gasteiger partial charge in [0.1, 0.15) is 0 Å². The number of benzene rings is 4. The molecule has 6 aromatic rings. The molecule has 8 rings (SSSR count). The van der Waals surface area contributed by atoms with Crippen LogP contribution in [0.3, 0.4) is 0 Å². The number of allylic oxidation sites excluding steroid dienone is 8. The van der Waals surface area contributed by atoms with Crippen molar-refractivity contribution >= 4 is 54.2 Å². The molecule has 0 saturated heterocycles. The maximum absolute atomic E-state index is 2.32. The first-order valence-corrected chi connectivity index (χ1v) is 15.0. The van der Waals surface area contributed by atoms with E-state index in [2.05, 4.69) is 134 Å². The molecular weight excluding hydrogens is 758 g/mol. The standard InChI is InChI=1S/2C18H13.2C3H7.2ClH.2Zr/c2*1-2-7-13(6-1)15-10-5-11-17-16-9-4-3-8-14(16)12-18(15)17;2*1-3-2;;;;/h2*1-6,8-12H,7H2;2*3H,1-2H3;2*1H;;/q4*-1;;;2*+2/p-2. The van der Waals surface area contributed by atoms with Gasteiger partial charge in [0.05, 0.1) is 0 Å². The van der Waals surface area contributed by atoms with Gasteiger partial charge in [-0.1, -0.05) is 132 Å². The van der Waals surface area contributed by atoms with Gasteiger partial charge in [-0.2, -0.15) is 27.7 Å². The number of rotatable bonds is 2. The summed E-state index contributed by atoms with van der Waals surface area (Å²) < 4.78 is 0. The van der Waals surface area contributed by atoms with E-state index >= 15 is 0 Å². The van der Waals surface area contributed by atoms with Gasteiger partial charge in [0.15, 0.2) is 0 Å². The second-order valence-electron chi connectivity index (χ2n) is 10.8. The predicted molar refractivity (Wildman–Crippen MR) is 189 cm³/mol. The molecule has 0 aliphatic heterocycles. The molecule has 0 bridgehead atoms. The molecular formula is C42H40Cl2Zr2-2. The summed E-state index contributed by atoms with van der Waals surface area (Å²) in [5.74, 6) is 0. The van der Waals surface area contributed by atoms with Crippen molar-refractivity contribution in [1.82, 2.24) is 0 Å². The summed E-state index contributed by atoms with van der Waals surface area (Å²) in [6.45, 7) is 8.00. The van der Waals surface area contributed by atoms with Gasteiger partial charge in [-0.3, -0.25) is 0 Å². The topological polar surface area (TPSA) is 0 Å². The van der Waals surface area contributed by atoms with Crippen LogP contribution >= 0.6 is 0 Å². The fourth-order valence-corrected chi connectivity index (χ4v) is 5.81. The number of hydrogen-bond acceptors (Lipinski definition) is 0. The molecule has 0 fully saturated rings. The summed E-state index contributed by atoms with van der Waals surface area (Å²) in [6, 6.07) is 35.2. The molecule has 0 saturated carbocycles. The normalized spacial score (nSPS) is 12.2. The monoisotopic (exact) mass is 794 g/mol. The smallest absolute Gasteiger partial charge is 1.00 e. The van der Waals surface area contributed by atoms with Gasteiger partial charge in [0, 0.05) is 0 Å². The zero-order valence-corrected chi connectivity index (χ0v) is 33.5. The quantitative estimate of drug-likeness (QED) is 0.174. The molecule has 4 heteroatoms. The van der Waals surface area contributed by atoms with E-state index in [1.165, 1.54) is 65.4 Å². The SMILES string of the molecule is C1=CCC(c2cccc3c2[cH-]c2ccccc23)=C1.C1=CCC(c2cccc3c2[cH-]c2ccccc23)=C1.C[CH-]C.C[CH-]C.[Cl-].[Cl-].[Zr+2].[Zr+2]. The van der Waals surface area contributed by atoms with Crippen LogP contribution in [0.2, 0.25) is 0 Å². The Balaban J connectivity index is 0.000000366. The summed E-state index contributed by atoms with van der Waals surface area (Å²) in [5, 5.41) is 10.9. The minimum absolute atomic E-state index is 0. The van der Waals surface area contributed by atoms with Crippen molar-refractivity contribution < 1.29 is 77.2 Å². The van der Waals surface area contributed by atoms with Gasteiger partial charge in [0.2, 0.25) is 0 Å². The van der Waals surface area contributed by atoms with E-state index in [0.717, 1.165) is 12.8 Å². The first-order valence-electron chi connectivity index (χ1n) is 15.0. The largest absolute Gasteiger partial charge is 2.00 e. The Morgan fingerprint density at radius 1 is 0.478 bits per heavy atom. The van der Waals surface area contributed by atoms with Crippen LogP contribution in [-0.4, -0.2) is 0 Å². The molecule has 0 radical (unpaired) electrons. The van der Waals surface area contributed by atoms with E-state index in [9.17, 15) is 0 Å². The predicted octanol–water partition coefficient (Wildman–Crippen LogP) is 6.57. The Labute approximate surface area is 326 Å². The minimum Gasteiger partial charge on any atom is -1.00 e. The summed E-state index contributed by atoms with van der Waals surface area (Å²) in [5.41, 5.74) is 5.62. The van der Waals surface area contributed by atoms with Gasteiger partial charge >= 0.3 is 52.4 Å². The maximum Gasteiger partial charge on any atom is 2.00 e. The summed E-state index contributed by atoms with van der Waals surface area (Å²) >= 11 is 0. The first-order chi connectivity index (χ1) is 20.7. The third-order valence-corrected chi connectivity index (χ3v) is 7.55. The van der Waals surface area contributed by atoms with Gasteiger partial charge in [-0.25, -0.2) is 0 Å². The molecule has 2 aliphatic carbocycles. The average molecular weight is 798 g/mol. The third-order valence-electron chi connectivity index (χ3n) is 7.55. The second-order valence-corrected chi connectivity index (χ2v) is 10.8. The minimum atomic E-state index is 0. The number of hydrogen-bond donors (Lipinski definition) is 0. The van der Waals surface area contributed by atoms with E-state index in [-0.39, 0.29) is 77.2 Å². The van der Waals surface area contributed by atoms with Crippen LogP contribution in [0, 0.1) is 12.8 Å². The molecule has 0 nitrogen and oxygen atoms in total. The maximum atomic E-state index is 2.32. The Kier molecular flexibility index (Phi) is 19.2. The average Bonchev–Trinajstić information content (AvgIpc) is 3.84. The second kappa shape index (κ2) is 21.0. The zero-order chi connectivity index (χ0) is 29.3. The van der Waals surface area contributed by atoms with Crippen molar-refractivity contribution in [2.75, 3.05) is 0 Å². The summed E-state index contributed by atoms with van der Waals surface area (Å²) in [6.07, 6.45) is 19.3. The summed E-state index contributed by atoms with van der Waals surface area (Å²) in [7, 11) is 0. The van der Waals surface area contributed by atoms with Gasteiger partial charge in [-0.05, 0) is 12.8 Å². The molecule has 0 aromatic heterocycles. The van der Waals surface area contributed by atoms with Gasteiger partial charge in [-0.15, -0.1) is 67.4 Å². The number of fused-ring (bicyclic) bond motifs is 6. The van der Waals surface area contributed by atoms with E-state index in [1.54, 1.807) is 0 Å². The number of halogens is 2. The molecule has 232 valence electrons. The van der Waals surface area contributed by atoms with Crippen molar-refractivity contribution in [2.45, 2.75) is 40.5 Å². The Hall–Kier alpha value is -2.07. The fourth-order valence-electron chi connectivity index (χ4n) is 5.81. The van der Waals surface area contributed by atoms with E-state index in [1.807, 2.05) is 40.5 Å². The zero-order valence-electron chi connectivity index (χ0n) is 27.0. The van der Waals surface area contributed by atoms with Crippen LogP contribution in [0.25, 0.3) is 54.2 Å². The van der Waals surface area contributed by atoms with Crippen LogP contribution in [-0.2, 0) is 52.4 Å². The molecule has 0 amide bonds. The molecule has 0 atom stereocenters.